The molecular weight excluding hydrogens is 224 g/mol. The quantitative estimate of drug-likeness (QED) is 0.808. The van der Waals surface area contributed by atoms with Gasteiger partial charge in [-0.15, -0.1) is 0 Å². The van der Waals surface area contributed by atoms with Crippen LogP contribution in [0.3, 0.4) is 0 Å². The number of likely N-dealkylation sites (N-methyl/N-ethyl adjacent to an activating group) is 1. The van der Waals surface area contributed by atoms with E-state index in [9.17, 15) is 0 Å². The summed E-state index contributed by atoms with van der Waals surface area (Å²) in [6.45, 7) is 8.83. The molecule has 3 heteroatoms. The Morgan fingerprint density at radius 2 is 1.83 bits per heavy atom. The van der Waals surface area contributed by atoms with Crippen molar-refractivity contribution in [2.24, 2.45) is 11.7 Å². The van der Waals surface area contributed by atoms with Gasteiger partial charge in [-0.05, 0) is 37.6 Å². The van der Waals surface area contributed by atoms with Gasteiger partial charge in [-0.3, -0.25) is 4.90 Å². The minimum absolute atomic E-state index is 0.281. The number of rotatable bonds is 7. The average molecular weight is 250 g/mol. The van der Waals surface area contributed by atoms with E-state index in [1.807, 2.05) is 19.1 Å². The van der Waals surface area contributed by atoms with E-state index in [4.69, 9.17) is 10.5 Å². The fourth-order valence-electron chi connectivity index (χ4n) is 2.23. The molecule has 0 aliphatic rings. The lowest BCUT2D eigenvalue weighted by molar-refractivity contribution is 0.223. The largest absolute Gasteiger partial charge is 0.494 e. The van der Waals surface area contributed by atoms with Crippen LogP contribution in [0.1, 0.15) is 32.4 Å². The second-order valence-corrected chi connectivity index (χ2v) is 5.09. The fourth-order valence-corrected chi connectivity index (χ4v) is 2.23. The highest BCUT2D eigenvalue weighted by atomic mass is 16.5. The van der Waals surface area contributed by atoms with Gasteiger partial charge >= 0.3 is 0 Å². The highest BCUT2D eigenvalue weighted by Crippen LogP contribution is 2.22. The van der Waals surface area contributed by atoms with E-state index in [2.05, 4.69) is 37.9 Å². The molecule has 0 aromatic heterocycles. The van der Waals surface area contributed by atoms with Crippen molar-refractivity contribution in [2.45, 2.75) is 26.8 Å². The summed E-state index contributed by atoms with van der Waals surface area (Å²) >= 11 is 0. The Morgan fingerprint density at radius 3 is 2.28 bits per heavy atom. The number of ether oxygens (including phenoxy) is 1. The molecule has 0 saturated heterocycles. The summed E-state index contributed by atoms with van der Waals surface area (Å²) in [5.74, 6) is 1.57. The second-order valence-electron chi connectivity index (χ2n) is 5.09. The summed E-state index contributed by atoms with van der Waals surface area (Å²) in [5.41, 5.74) is 7.16. The molecule has 1 atom stereocenters. The van der Waals surface area contributed by atoms with Gasteiger partial charge in [0.2, 0.25) is 0 Å². The van der Waals surface area contributed by atoms with Crippen molar-refractivity contribution in [2.75, 3.05) is 26.7 Å². The van der Waals surface area contributed by atoms with Crippen molar-refractivity contribution in [3.05, 3.63) is 29.8 Å². The third kappa shape index (κ3) is 4.31. The first kappa shape index (κ1) is 15.0. The standard InChI is InChI=1S/C15H26N2O/c1-5-18-14-8-6-13(7-9-14)15(10-16)17(4)11-12(2)3/h6-9,12,15H,5,10-11,16H2,1-4H3. The van der Waals surface area contributed by atoms with Crippen LogP contribution in [0, 0.1) is 5.92 Å². The van der Waals surface area contributed by atoms with Crippen molar-refractivity contribution in [1.29, 1.82) is 0 Å². The number of hydrogen-bond acceptors (Lipinski definition) is 3. The summed E-state index contributed by atoms with van der Waals surface area (Å²) in [6, 6.07) is 8.54. The predicted molar refractivity (Wildman–Crippen MR) is 76.9 cm³/mol. The maximum atomic E-state index is 5.91. The van der Waals surface area contributed by atoms with Crippen molar-refractivity contribution < 1.29 is 4.74 Å². The van der Waals surface area contributed by atoms with Gasteiger partial charge in [0.05, 0.1) is 6.61 Å². The molecule has 0 amide bonds. The van der Waals surface area contributed by atoms with E-state index in [0.717, 1.165) is 12.3 Å². The number of nitrogens with zero attached hydrogens (tertiary/aromatic N) is 1. The number of benzene rings is 1. The monoisotopic (exact) mass is 250 g/mol. The molecule has 2 N–H and O–H groups in total. The van der Waals surface area contributed by atoms with Gasteiger partial charge in [0.1, 0.15) is 5.75 Å². The Hall–Kier alpha value is -1.06. The van der Waals surface area contributed by atoms with Crippen molar-refractivity contribution in [3.8, 4) is 5.75 Å². The first-order chi connectivity index (χ1) is 8.58. The van der Waals surface area contributed by atoms with Crippen LogP contribution in [-0.2, 0) is 0 Å². The summed E-state index contributed by atoms with van der Waals surface area (Å²) < 4.78 is 5.45. The minimum atomic E-state index is 0.281. The Labute approximate surface area is 111 Å². The molecule has 3 nitrogen and oxygen atoms in total. The summed E-state index contributed by atoms with van der Waals surface area (Å²) in [4.78, 5) is 2.32. The average Bonchev–Trinajstić information content (AvgIpc) is 2.31. The molecule has 1 aromatic rings. The lowest BCUT2D eigenvalue weighted by Gasteiger charge is -2.28. The van der Waals surface area contributed by atoms with Crippen LogP contribution < -0.4 is 10.5 Å². The van der Waals surface area contributed by atoms with Crippen LogP contribution in [-0.4, -0.2) is 31.6 Å². The zero-order valence-electron chi connectivity index (χ0n) is 12.0. The first-order valence-corrected chi connectivity index (χ1v) is 6.71. The molecule has 0 aliphatic carbocycles. The molecule has 18 heavy (non-hydrogen) atoms. The van der Waals surface area contributed by atoms with Gasteiger partial charge in [0.15, 0.2) is 0 Å². The van der Waals surface area contributed by atoms with Gasteiger partial charge in [-0.2, -0.15) is 0 Å². The Morgan fingerprint density at radius 1 is 1.22 bits per heavy atom. The molecule has 0 saturated carbocycles. The molecule has 0 radical (unpaired) electrons. The maximum absolute atomic E-state index is 5.91. The van der Waals surface area contributed by atoms with Gasteiger partial charge in [-0.25, -0.2) is 0 Å². The summed E-state index contributed by atoms with van der Waals surface area (Å²) in [7, 11) is 2.13. The number of hydrogen-bond donors (Lipinski definition) is 1. The fraction of sp³-hybridized carbons (Fsp3) is 0.600. The smallest absolute Gasteiger partial charge is 0.119 e. The molecule has 102 valence electrons. The third-order valence-electron chi connectivity index (χ3n) is 2.98. The van der Waals surface area contributed by atoms with Crippen LogP contribution in [0.5, 0.6) is 5.75 Å². The van der Waals surface area contributed by atoms with Crippen molar-refractivity contribution in [1.82, 2.24) is 4.90 Å². The molecule has 0 aliphatic heterocycles. The lowest BCUT2D eigenvalue weighted by Crippen LogP contribution is -2.33. The van der Waals surface area contributed by atoms with E-state index in [1.54, 1.807) is 0 Å². The zero-order chi connectivity index (χ0) is 13.5. The molecule has 1 rings (SSSR count). The SMILES string of the molecule is CCOc1ccc(C(CN)N(C)CC(C)C)cc1. The third-order valence-corrected chi connectivity index (χ3v) is 2.98. The van der Waals surface area contributed by atoms with E-state index >= 15 is 0 Å². The predicted octanol–water partition coefficient (Wildman–Crippen LogP) is 2.67. The molecule has 0 fully saturated rings. The van der Waals surface area contributed by atoms with Gasteiger partial charge in [0, 0.05) is 19.1 Å². The minimum Gasteiger partial charge on any atom is -0.494 e. The highest BCUT2D eigenvalue weighted by molar-refractivity contribution is 5.29. The van der Waals surface area contributed by atoms with Crippen LogP contribution >= 0.6 is 0 Å². The van der Waals surface area contributed by atoms with Crippen LogP contribution in [0.2, 0.25) is 0 Å². The van der Waals surface area contributed by atoms with Crippen LogP contribution in [0.4, 0.5) is 0 Å². The molecule has 0 bridgehead atoms. The summed E-state index contributed by atoms with van der Waals surface area (Å²) in [5, 5.41) is 0. The topological polar surface area (TPSA) is 38.5 Å². The van der Waals surface area contributed by atoms with Gasteiger partial charge < -0.3 is 10.5 Å². The van der Waals surface area contributed by atoms with Crippen molar-refractivity contribution in [3.63, 3.8) is 0 Å². The van der Waals surface area contributed by atoms with E-state index < -0.39 is 0 Å². The van der Waals surface area contributed by atoms with Gasteiger partial charge in [-0.1, -0.05) is 26.0 Å². The Kier molecular flexibility index (Phi) is 6.16. The van der Waals surface area contributed by atoms with E-state index in [1.165, 1.54) is 5.56 Å². The molecule has 0 spiro atoms. The second kappa shape index (κ2) is 7.39. The molecule has 1 aromatic carbocycles. The van der Waals surface area contributed by atoms with Gasteiger partial charge in [0.25, 0.3) is 0 Å². The maximum Gasteiger partial charge on any atom is 0.119 e. The zero-order valence-corrected chi connectivity index (χ0v) is 12.0. The molecule has 0 heterocycles. The van der Waals surface area contributed by atoms with Crippen LogP contribution in [0.25, 0.3) is 0 Å². The van der Waals surface area contributed by atoms with E-state index in [0.29, 0.717) is 19.1 Å². The van der Waals surface area contributed by atoms with Crippen LogP contribution in [0.15, 0.2) is 24.3 Å². The number of nitrogens with two attached hydrogens (primary N) is 1. The highest BCUT2D eigenvalue weighted by Gasteiger charge is 2.16. The Balaban J connectivity index is 2.75. The lowest BCUT2D eigenvalue weighted by atomic mass is 10.0. The van der Waals surface area contributed by atoms with E-state index in [-0.39, 0.29) is 6.04 Å². The molecular formula is C15H26N2O. The summed E-state index contributed by atoms with van der Waals surface area (Å²) in [6.07, 6.45) is 0. The molecule has 1 unspecified atom stereocenters. The van der Waals surface area contributed by atoms with Crippen molar-refractivity contribution >= 4 is 0 Å². The first-order valence-electron chi connectivity index (χ1n) is 6.71. The Bertz CT molecular complexity index is 335. The normalized spacial score (nSPS) is 13.1.